The van der Waals surface area contributed by atoms with E-state index in [1.165, 1.54) is 0 Å². The number of anilines is 2. The quantitative estimate of drug-likeness (QED) is 0.827. The lowest BCUT2D eigenvalue weighted by Crippen LogP contribution is -2.48. The zero-order valence-electron chi connectivity index (χ0n) is 13.9. The number of nitrogens with zero attached hydrogens (tertiary/aromatic N) is 4. The second kappa shape index (κ2) is 6.25. The smallest absolute Gasteiger partial charge is 0.241 e. The van der Waals surface area contributed by atoms with Gasteiger partial charge < -0.3 is 19.6 Å². The van der Waals surface area contributed by atoms with Crippen LogP contribution in [0.1, 0.15) is 6.92 Å². The minimum atomic E-state index is -0.0369. The average molecular weight is 304 g/mol. The molecule has 6 heteroatoms. The molecular formula is C16H24N4O2. The molecule has 0 aromatic heterocycles. The zero-order chi connectivity index (χ0) is 16.4. The van der Waals surface area contributed by atoms with Crippen LogP contribution in [0.4, 0.5) is 11.4 Å². The maximum Gasteiger partial charge on any atom is 0.241 e. The van der Waals surface area contributed by atoms with E-state index in [0.29, 0.717) is 13.1 Å². The van der Waals surface area contributed by atoms with E-state index in [0.717, 1.165) is 11.4 Å². The van der Waals surface area contributed by atoms with E-state index in [2.05, 4.69) is 0 Å². The molecule has 0 fully saturated rings. The molecule has 0 atom stereocenters. The predicted molar refractivity (Wildman–Crippen MR) is 88.0 cm³/mol. The van der Waals surface area contributed by atoms with Crippen LogP contribution in [0.3, 0.4) is 0 Å². The summed E-state index contributed by atoms with van der Waals surface area (Å²) in [4.78, 5) is 31.4. The third-order valence-electron chi connectivity index (χ3n) is 4.01. The van der Waals surface area contributed by atoms with Crippen molar-refractivity contribution in [3.8, 4) is 0 Å². The van der Waals surface area contributed by atoms with Gasteiger partial charge in [0.15, 0.2) is 0 Å². The molecule has 22 heavy (non-hydrogen) atoms. The Kier molecular flexibility index (Phi) is 4.59. The van der Waals surface area contributed by atoms with Crippen molar-refractivity contribution in [1.82, 2.24) is 9.80 Å². The van der Waals surface area contributed by atoms with E-state index >= 15 is 0 Å². The summed E-state index contributed by atoms with van der Waals surface area (Å²) in [5.74, 6) is 0.0879. The summed E-state index contributed by atoms with van der Waals surface area (Å²) in [5, 5.41) is 0. The molecule has 0 bridgehead atoms. The van der Waals surface area contributed by atoms with E-state index in [9.17, 15) is 9.59 Å². The van der Waals surface area contributed by atoms with Gasteiger partial charge >= 0.3 is 0 Å². The molecule has 1 aliphatic heterocycles. The number of fused-ring (bicyclic) bond motifs is 1. The molecule has 1 aliphatic rings. The summed E-state index contributed by atoms with van der Waals surface area (Å²) in [6.45, 7) is 2.63. The van der Waals surface area contributed by atoms with Crippen molar-refractivity contribution in [1.29, 1.82) is 0 Å². The molecule has 6 nitrogen and oxygen atoms in total. The van der Waals surface area contributed by atoms with E-state index in [1.807, 2.05) is 41.0 Å². The molecule has 0 saturated carbocycles. The van der Waals surface area contributed by atoms with Gasteiger partial charge in [-0.3, -0.25) is 9.59 Å². The van der Waals surface area contributed by atoms with Gasteiger partial charge in [-0.05, 0) is 19.1 Å². The third-order valence-corrected chi connectivity index (χ3v) is 4.01. The molecular weight excluding hydrogens is 280 g/mol. The number of likely N-dealkylation sites (N-methyl/N-ethyl adjacent to an activating group) is 2. The van der Waals surface area contributed by atoms with Crippen molar-refractivity contribution >= 4 is 23.2 Å². The van der Waals surface area contributed by atoms with Gasteiger partial charge in [0.2, 0.25) is 11.8 Å². The summed E-state index contributed by atoms with van der Waals surface area (Å²) >= 11 is 0. The van der Waals surface area contributed by atoms with Crippen LogP contribution in [-0.2, 0) is 9.59 Å². The van der Waals surface area contributed by atoms with E-state index in [-0.39, 0.29) is 18.0 Å². The summed E-state index contributed by atoms with van der Waals surface area (Å²) in [6, 6.07) is 7.90. The third kappa shape index (κ3) is 3.00. The molecule has 0 spiro atoms. The highest BCUT2D eigenvalue weighted by molar-refractivity contribution is 5.89. The highest BCUT2D eigenvalue weighted by Crippen LogP contribution is 2.38. The van der Waals surface area contributed by atoms with Crippen LogP contribution >= 0.6 is 0 Å². The largest absolute Gasteiger partial charge is 0.347 e. The fourth-order valence-corrected chi connectivity index (χ4v) is 2.53. The van der Waals surface area contributed by atoms with Crippen LogP contribution in [0.2, 0.25) is 0 Å². The van der Waals surface area contributed by atoms with Crippen LogP contribution in [0.25, 0.3) is 0 Å². The maximum atomic E-state index is 12.1. The van der Waals surface area contributed by atoms with Crippen molar-refractivity contribution in [2.75, 3.05) is 51.1 Å². The molecule has 0 radical (unpaired) electrons. The Labute approximate surface area is 131 Å². The molecule has 2 rings (SSSR count). The first-order chi connectivity index (χ1) is 10.3. The van der Waals surface area contributed by atoms with Gasteiger partial charge in [0, 0.05) is 28.2 Å². The predicted octanol–water partition coefficient (Wildman–Crippen LogP) is 0.835. The Morgan fingerprint density at radius 3 is 1.59 bits per heavy atom. The molecule has 0 N–H and O–H groups in total. The molecule has 1 heterocycles. The second-order valence-corrected chi connectivity index (χ2v) is 5.95. The Balaban J connectivity index is 2.28. The van der Waals surface area contributed by atoms with Gasteiger partial charge in [-0.25, -0.2) is 0 Å². The monoisotopic (exact) mass is 304 g/mol. The maximum absolute atomic E-state index is 12.1. The number of rotatable bonds is 4. The lowest BCUT2D eigenvalue weighted by atomic mass is 10.2. The first-order valence-electron chi connectivity index (χ1n) is 7.35. The Hall–Kier alpha value is -2.24. The first-order valence-corrected chi connectivity index (χ1v) is 7.35. The summed E-state index contributed by atoms with van der Waals surface area (Å²) in [6.07, 6.45) is -0.0369. The molecule has 0 saturated heterocycles. The molecule has 1 aromatic carbocycles. The fourth-order valence-electron chi connectivity index (χ4n) is 2.53. The number of para-hydroxylation sites is 2. The van der Waals surface area contributed by atoms with Gasteiger partial charge in [-0.15, -0.1) is 0 Å². The van der Waals surface area contributed by atoms with Crippen LogP contribution in [0.15, 0.2) is 24.3 Å². The van der Waals surface area contributed by atoms with E-state index in [4.69, 9.17) is 0 Å². The van der Waals surface area contributed by atoms with Crippen LogP contribution in [0.5, 0.6) is 0 Å². The molecule has 120 valence electrons. The number of carbonyl (C=O) groups is 2. The Morgan fingerprint density at radius 1 is 0.909 bits per heavy atom. The number of hydrogen-bond donors (Lipinski definition) is 0. The fraction of sp³-hybridized carbons (Fsp3) is 0.500. The minimum Gasteiger partial charge on any atom is -0.347 e. The lowest BCUT2D eigenvalue weighted by molar-refractivity contribution is -0.127. The van der Waals surface area contributed by atoms with E-state index in [1.54, 1.807) is 38.0 Å². The molecule has 0 aliphatic carbocycles. The number of carbonyl (C=O) groups excluding carboxylic acids is 2. The van der Waals surface area contributed by atoms with Gasteiger partial charge in [0.05, 0.1) is 30.6 Å². The Bertz CT molecular complexity index is 522. The average Bonchev–Trinajstić information content (AvgIpc) is 2.72. The van der Waals surface area contributed by atoms with Crippen LogP contribution in [0, 0.1) is 0 Å². The van der Waals surface area contributed by atoms with Crippen molar-refractivity contribution in [2.45, 2.75) is 13.1 Å². The van der Waals surface area contributed by atoms with Crippen molar-refractivity contribution in [2.24, 2.45) is 0 Å². The summed E-state index contributed by atoms with van der Waals surface area (Å²) in [5.41, 5.74) is 1.99. The highest BCUT2D eigenvalue weighted by atomic mass is 16.2. The zero-order valence-corrected chi connectivity index (χ0v) is 13.9. The molecule has 2 amide bonds. The Morgan fingerprint density at radius 2 is 1.27 bits per heavy atom. The number of hydrogen-bond acceptors (Lipinski definition) is 4. The second-order valence-electron chi connectivity index (χ2n) is 5.95. The summed E-state index contributed by atoms with van der Waals surface area (Å²) < 4.78 is 0. The molecule has 0 unspecified atom stereocenters. The van der Waals surface area contributed by atoms with Gasteiger partial charge in [-0.2, -0.15) is 0 Å². The topological polar surface area (TPSA) is 47.1 Å². The van der Waals surface area contributed by atoms with Crippen molar-refractivity contribution in [3.05, 3.63) is 24.3 Å². The van der Waals surface area contributed by atoms with Gasteiger partial charge in [-0.1, -0.05) is 12.1 Å². The summed E-state index contributed by atoms with van der Waals surface area (Å²) in [7, 11) is 7.01. The number of amides is 2. The van der Waals surface area contributed by atoms with Crippen LogP contribution < -0.4 is 9.80 Å². The standard InChI is InChI=1S/C16H24N4O2/c1-12-19(10-15(21)17(2)3)13-8-6-7-9-14(13)20(12)11-16(22)18(4)5/h6-9,12H,10-11H2,1-5H3. The molecule has 1 aromatic rings. The van der Waals surface area contributed by atoms with E-state index < -0.39 is 0 Å². The number of benzene rings is 1. The lowest BCUT2D eigenvalue weighted by Gasteiger charge is -2.30. The van der Waals surface area contributed by atoms with Crippen molar-refractivity contribution in [3.63, 3.8) is 0 Å². The highest BCUT2D eigenvalue weighted by Gasteiger charge is 2.34. The van der Waals surface area contributed by atoms with Gasteiger partial charge in [0.25, 0.3) is 0 Å². The van der Waals surface area contributed by atoms with Crippen LogP contribution in [-0.4, -0.2) is 69.1 Å². The minimum absolute atomic E-state index is 0.0369. The first kappa shape index (κ1) is 16.1. The van der Waals surface area contributed by atoms with Gasteiger partial charge in [0.1, 0.15) is 0 Å². The normalized spacial score (nSPS) is 14.0. The van der Waals surface area contributed by atoms with Crippen molar-refractivity contribution < 1.29 is 9.59 Å². The SMILES string of the molecule is CC1N(CC(=O)N(C)C)c2ccccc2N1CC(=O)N(C)C.